The average molecular weight is 431 g/mol. The SMILES string of the molecule is CCOC(=O)c1cnn(-c2ccc(F)cc2)c1NS(=O)(=O)c1ccc(C(C)C)cc1. The lowest BCUT2D eigenvalue weighted by Crippen LogP contribution is -2.18. The van der Waals surface area contributed by atoms with E-state index in [1.54, 1.807) is 19.1 Å². The van der Waals surface area contributed by atoms with Crippen molar-refractivity contribution in [3.05, 3.63) is 71.7 Å². The van der Waals surface area contributed by atoms with Crippen molar-refractivity contribution in [1.82, 2.24) is 9.78 Å². The minimum absolute atomic E-state index is 0.0357. The number of carbonyl (C=O) groups excluding carboxylic acids is 1. The van der Waals surface area contributed by atoms with Gasteiger partial charge in [-0.1, -0.05) is 26.0 Å². The van der Waals surface area contributed by atoms with Crippen LogP contribution in [-0.2, 0) is 14.8 Å². The molecule has 0 amide bonds. The van der Waals surface area contributed by atoms with Gasteiger partial charge >= 0.3 is 5.97 Å². The number of aromatic nitrogens is 2. The Kier molecular flexibility index (Phi) is 6.21. The van der Waals surface area contributed by atoms with Crippen LogP contribution in [0.2, 0.25) is 0 Å². The molecule has 30 heavy (non-hydrogen) atoms. The predicted octanol–water partition coefficient (Wildman–Crippen LogP) is 4.11. The first-order chi connectivity index (χ1) is 14.2. The van der Waals surface area contributed by atoms with E-state index in [1.807, 2.05) is 13.8 Å². The van der Waals surface area contributed by atoms with Crippen LogP contribution in [0.5, 0.6) is 0 Å². The van der Waals surface area contributed by atoms with Gasteiger partial charge in [0.2, 0.25) is 0 Å². The molecule has 9 heteroatoms. The highest BCUT2D eigenvalue weighted by molar-refractivity contribution is 7.92. The summed E-state index contributed by atoms with van der Waals surface area (Å²) in [6, 6.07) is 11.7. The van der Waals surface area contributed by atoms with Gasteiger partial charge in [0, 0.05) is 0 Å². The highest BCUT2D eigenvalue weighted by Crippen LogP contribution is 2.25. The first-order valence-electron chi connectivity index (χ1n) is 9.36. The second-order valence-corrected chi connectivity index (χ2v) is 8.53. The minimum atomic E-state index is -4.03. The first-order valence-corrected chi connectivity index (χ1v) is 10.8. The standard InChI is InChI=1S/C21H22FN3O4S/c1-4-29-21(26)19-13-23-25(17-9-7-16(22)8-10-17)20(19)24-30(27,28)18-11-5-15(6-12-18)14(2)3/h5-14,24H,4H2,1-3H3. The van der Waals surface area contributed by atoms with Gasteiger partial charge in [0.15, 0.2) is 5.82 Å². The normalized spacial score (nSPS) is 11.5. The van der Waals surface area contributed by atoms with E-state index in [1.165, 1.54) is 47.3 Å². The summed E-state index contributed by atoms with van der Waals surface area (Å²) in [4.78, 5) is 12.4. The lowest BCUT2D eigenvalue weighted by molar-refractivity contribution is 0.0527. The predicted molar refractivity (Wildman–Crippen MR) is 111 cm³/mol. The third-order valence-corrected chi connectivity index (χ3v) is 5.78. The van der Waals surface area contributed by atoms with Crippen LogP contribution < -0.4 is 4.72 Å². The Bertz CT molecular complexity index is 1140. The van der Waals surface area contributed by atoms with Crippen LogP contribution in [0.15, 0.2) is 59.6 Å². The van der Waals surface area contributed by atoms with Gasteiger partial charge in [0.05, 0.1) is 23.4 Å². The van der Waals surface area contributed by atoms with Crippen LogP contribution in [0.25, 0.3) is 5.69 Å². The van der Waals surface area contributed by atoms with Gasteiger partial charge in [0.1, 0.15) is 11.4 Å². The maximum absolute atomic E-state index is 13.3. The number of anilines is 1. The molecule has 0 aliphatic rings. The fourth-order valence-electron chi connectivity index (χ4n) is 2.80. The van der Waals surface area contributed by atoms with Gasteiger partial charge < -0.3 is 4.74 Å². The van der Waals surface area contributed by atoms with Crippen molar-refractivity contribution >= 4 is 21.8 Å². The van der Waals surface area contributed by atoms with Crippen molar-refractivity contribution in [2.45, 2.75) is 31.6 Å². The molecule has 1 N–H and O–H groups in total. The second kappa shape index (κ2) is 8.66. The largest absolute Gasteiger partial charge is 0.462 e. The summed E-state index contributed by atoms with van der Waals surface area (Å²) >= 11 is 0. The number of nitrogens with one attached hydrogen (secondary N) is 1. The zero-order valence-corrected chi connectivity index (χ0v) is 17.6. The monoisotopic (exact) mass is 431 g/mol. The number of ether oxygens (including phenoxy) is 1. The van der Waals surface area contributed by atoms with Crippen molar-refractivity contribution in [3.8, 4) is 5.69 Å². The van der Waals surface area contributed by atoms with Crippen molar-refractivity contribution in [2.75, 3.05) is 11.3 Å². The van der Waals surface area contributed by atoms with Crippen LogP contribution in [0.4, 0.5) is 10.2 Å². The summed E-state index contributed by atoms with van der Waals surface area (Å²) < 4.78 is 47.9. The minimum Gasteiger partial charge on any atom is -0.462 e. The first kappa shape index (κ1) is 21.5. The maximum atomic E-state index is 13.3. The summed E-state index contributed by atoms with van der Waals surface area (Å²) in [5.74, 6) is -1.01. The van der Waals surface area contributed by atoms with Crippen LogP contribution in [0, 0.1) is 5.82 Å². The van der Waals surface area contributed by atoms with E-state index in [0.717, 1.165) is 5.56 Å². The van der Waals surface area contributed by atoms with Gasteiger partial charge in [-0.2, -0.15) is 5.10 Å². The maximum Gasteiger partial charge on any atom is 0.343 e. The van der Waals surface area contributed by atoms with E-state index in [2.05, 4.69) is 9.82 Å². The molecule has 0 atom stereocenters. The van der Waals surface area contributed by atoms with Crippen LogP contribution in [0.1, 0.15) is 42.6 Å². The third-order valence-electron chi connectivity index (χ3n) is 4.42. The molecule has 0 unspecified atom stereocenters. The smallest absolute Gasteiger partial charge is 0.343 e. The molecule has 2 aromatic carbocycles. The summed E-state index contributed by atoms with van der Waals surface area (Å²) in [7, 11) is -4.03. The molecule has 158 valence electrons. The summed E-state index contributed by atoms with van der Waals surface area (Å²) in [6.07, 6.45) is 1.21. The number of rotatable bonds is 7. The summed E-state index contributed by atoms with van der Waals surface area (Å²) in [5, 5.41) is 4.10. The van der Waals surface area contributed by atoms with Crippen LogP contribution in [-0.4, -0.2) is 30.8 Å². The van der Waals surface area contributed by atoms with E-state index < -0.39 is 21.8 Å². The van der Waals surface area contributed by atoms with E-state index in [-0.39, 0.29) is 28.8 Å². The van der Waals surface area contributed by atoms with Gasteiger partial charge in [-0.15, -0.1) is 0 Å². The summed E-state index contributed by atoms with van der Waals surface area (Å²) in [5.41, 5.74) is 1.32. The number of carbonyl (C=O) groups is 1. The number of hydrogen-bond donors (Lipinski definition) is 1. The molecule has 3 rings (SSSR count). The molecule has 0 saturated carbocycles. The fraction of sp³-hybridized carbons (Fsp3) is 0.238. The molecule has 0 bridgehead atoms. The molecular formula is C21H22FN3O4S. The van der Waals surface area contributed by atoms with Gasteiger partial charge in [-0.25, -0.2) is 22.3 Å². The molecular weight excluding hydrogens is 409 g/mol. The van der Waals surface area contributed by atoms with E-state index in [9.17, 15) is 17.6 Å². The van der Waals surface area contributed by atoms with Gasteiger partial charge in [-0.3, -0.25) is 4.72 Å². The Morgan fingerprint density at radius 2 is 1.77 bits per heavy atom. The van der Waals surface area contributed by atoms with Crippen molar-refractivity contribution < 1.29 is 22.3 Å². The Morgan fingerprint density at radius 3 is 2.33 bits per heavy atom. The highest BCUT2D eigenvalue weighted by Gasteiger charge is 2.25. The number of benzene rings is 2. The zero-order chi connectivity index (χ0) is 21.9. The van der Waals surface area contributed by atoms with Crippen LogP contribution in [0.3, 0.4) is 0 Å². The zero-order valence-electron chi connectivity index (χ0n) is 16.8. The lowest BCUT2D eigenvalue weighted by Gasteiger charge is -2.13. The molecule has 3 aromatic rings. The third kappa shape index (κ3) is 4.51. The lowest BCUT2D eigenvalue weighted by atomic mass is 10.0. The number of sulfonamides is 1. The van der Waals surface area contributed by atoms with Crippen molar-refractivity contribution in [2.24, 2.45) is 0 Å². The van der Waals surface area contributed by atoms with Gasteiger partial charge in [-0.05, 0) is 54.8 Å². The fourth-order valence-corrected chi connectivity index (χ4v) is 3.86. The molecule has 0 radical (unpaired) electrons. The summed E-state index contributed by atoms with van der Waals surface area (Å²) in [6.45, 7) is 5.77. The second-order valence-electron chi connectivity index (χ2n) is 6.84. The van der Waals surface area contributed by atoms with E-state index in [0.29, 0.717) is 5.69 Å². The molecule has 0 aliphatic carbocycles. The Hall–Kier alpha value is -3.20. The average Bonchev–Trinajstić information content (AvgIpc) is 3.11. The van der Waals surface area contributed by atoms with Crippen molar-refractivity contribution in [1.29, 1.82) is 0 Å². The molecule has 1 heterocycles. The Balaban J connectivity index is 2.04. The number of esters is 1. The highest BCUT2D eigenvalue weighted by atomic mass is 32.2. The van der Waals surface area contributed by atoms with E-state index >= 15 is 0 Å². The molecule has 0 fully saturated rings. The number of hydrogen-bond acceptors (Lipinski definition) is 5. The van der Waals surface area contributed by atoms with Gasteiger partial charge in [0.25, 0.3) is 10.0 Å². The molecule has 0 spiro atoms. The Labute approximate surface area is 174 Å². The Morgan fingerprint density at radius 1 is 1.13 bits per heavy atom. The van der Waals surface area contributed by atoms with Crippen molar-refractivity contribution in [3.63, 3.8) is 0 Å². The number of halogens is 1. The molecule has 0 aliphatic heterocycles. The number of nitrogens with zero attached hydrogens (tertiary/aromatic N) is 2. The van der Waals surface area contributed by atoms with E-state index in [4.69, 9.17) is 4.74 Å². The molecule has 7 nitrogen and oxygen atoms in total. The topological polar surface area (TPSA) is 90.3 Å². The molecule has 0 saturated heterocycles. The molecule has 1 aromatic heterocycles. The van der Waals surface area contributed by atoms with Crippen LogP contribution >= 0.6 is 0 Å². The quantitative estimate of drug-likeness (QED) is 0.569.